The maximum absolute atomic E-state index is 12.4. The standard InChI is InChI=1S/C21H32N4O5/c1-5-6-7-17(26)25-19(14(2)3)20(28)23-12-18(27)24-16-10-8-15(9-11-16)13-30-21(29)22-4/h8-11,14,19H,5-7,12-13H2,1-4H3,(H,22,29)(H,23,28)(H,24,27)(H,25,26). The summed E-state index contributed by atoms with van der Waals surface area (Å²) in [4.78, 5) is 47.5. The average Bonchev–Trinajstić information content (AvgIpc) is 2.73. The van der Waals surface area contributed by atoms with E-state index in [9.17, 15) is 19.2 Å². The summed E-state index contributed by atoms with van der Waals surface area (Å²) in [5, 5.41) is 10.3. The largest absolute Gasteiger partial charge is 0.445 e. The van der Waals surface area contributed by atoms with Crippen LogP contribution in [0.2, 0.25) is 0 Å². The van der Waals surface area contributed by atoms with E-state index in [1.807, 2.05) is 20.8 Å². The van der Waals surface area contributed by atoms with E-state index in [0.29, 0.717) is 12.1 Å². The van der Waals surface area contributed by atoms with Crippen molar-refractivity contribution in [2.75, 3.05) is 18.9 Å². The first-order chi connectivity index (χ1) is 14.3. The summed E-state index contributed by atoms with van der Waals surface area (Å²) < 4.78 is 4.94. The molecule has 1 unspecified atom stereocenters. The number of anilines is 1. The molecule has 0 aliphatic rings. The molecule has 0 aliphatic heterocycles. The van der Waals surface area contributed by atoms with Gasteiger partial charge in [-0.1, -0.05) is 39.3 Å². The number of carbonyl (C=O) groups is 4. The van der Waals surface area contributed by atoms with E-state index in [2.05, 4.69) is 21.3 Å². The van der Waals surface area contributed by atoms with E-state index >= 15 is 0 Å². The smallest absolute Gasteiger partial charge is 0.407 e. The highest BCUT2D eigenvalue weighted by Gasteiger charge is 2.24. The van der Waals surface area contributed by atoms with Gasteiger partial charge in [-0.3, -0.25) is 14.4 Å². The quantitative estimate of drug-likeness (QED) is 0.435. The van der Waals surface area contributed by atoms with Gasteiger partial charge < -0.3 is 26.0 Å². The molecule has 0 aliphatic carbocycles. The number of alkyl carbamates (subject to hydrolysis) is 1. The van der Waals surface area contributed by atoms with Gasteiger partial charge >= 0.3 is 6.09 Å². The second-order valence-electron chi connectivity index (χ2n) is 7.18. The molecule has 0 heterocycles. The molecule has 0 aromatic heterocycles. The van der Waals surface area contributed by atoms with Crippen molar-refractivity contribution in [3.63, 3.8) is 0 Å². The van der Waals surface area contributed by atoms with Gasteiger partial charge in [0, 0.05) is 19.2 Å². The zero-order valence-corrected chi connectivity index (χ0v) is 18.0. The fourth-order valence-corrected chi connectivity index (χ4v) is 2.51. The van der Waals surface area contributed by atoms with Crippen molar-refractivity contribution in [3.8, 4) is 0 Å². The molecule has 0 radical (unpaired) electrons. The molecule has 9 heteroatoms. The number of hydrogen-bond acceptors (Lipinski definition) is 5. The van der Waals surface area contributed by atoms with E-state index in [-0.39, 0.29) is 25.0 Å². The number of benzene rings is 1. The third kappa shape index (κ3) is 9.40. The average molecular weight is 421 g/mol. The molecule has 1 atom stereocenters. The fraction of sp³-hybridized carbons (Fsp3) is 0.524. The second kappa shape index (κ2) is 13.2. The lowest BCUT2D eigenvalue weighted by atomic mass is 10.0. The summed E-state index contributed by atoms with van der Waals surface area (Å²) in [6.45, 7) is 5.56. The number of rotatable bonds is 11. The number of ether oxygens (including phenoxy) is 1. The highest BCUT2D eigenvalue weighted by molar-refractivity contribution is 5.96. The summed E-state index contributed by atoms with van der Waals surface area (Å²) in [5.41, 5.74) is 1.31. The first-order valence-corrected chi connectivity index (χ1v) is 10.1. The molecule has 0 saturated carbocycles. The van der Waals surface area contributed by atoms with E-state index in [1.54, 1.807) is 24.3 Å². The van der Waals surface area contributed by atoms with Crippen molar-refractivity contribution in [3.05, 3.63) is 29.8 Å². The monoisotopic (exact) mass is 420 g/mol. The van der Waals surface area contributed by atoms with Crippen LogP contribution >= 0.6 is 0 Å². The predicted molar refractivity (Wildman–Crippen MR) is 114 cm³/mol. The Morgan fingerprint density at radius 1 is 1.03 bits per heavy atom. The van der Waals surface area contributed by atoms with Crippen LogP contribution in [0.4, 0.5) is 10.5 Å². The third-order valence-corrected chi connectivity index (χ3v) is 4.26. The fourth-order valence-electron chi connectivity index (χ4n) is 2.51. The molecule has 0 bridgehead atoms. The number of carbonyl (C=O) groups excluding carboxylic acids is 4. The molecule has 166 valence electrons. The zero-order valence-electron chi connectivity index (χ0n) is 18.0. The van der Waals surface area contributed by atoms with Gasteiger partial charge in [0.25, 0.3) is 0 Å². The minimum Gasteiger partial charge on any atom is -0.445 e. The zero-order chi connectivity index (χ0) is 22.5. The maximum atomic E-state index is 12.4. The first kappa shape index (κ1) is 24.9. The number of amides is 4. The maximum Gasteiger partial charge on any atom is 0.407 e. The van der Waals surface area contributed by atoms with Crippen LogP contribution in [0, 0.1) is 5.92 Å². The molecule has 1 aromatic carbocycles. The molecule has 0 spiro atoms. The minimum absolute atomic E-state index is 0.108. The summed E-state index contributed by atoms with van der Waals surface area (Å²) in [5.74, 6) is -1.07. The highest BCUT2D eigenvalue weighted by atomic mass is 16.5. The molecule has 30 heavy (non-hydrogen) atoms. The van der Waals surface area contributed by atoms with Gasteiger partial charge in [-0.15, -0.1) is 0 Å². The second-order valence-corrected chi connectivity index (χ2v) is 7.18. The molecule has 1 rings (SSSR count). The molecule has 4 N–H and O–H groups in total. The number of nitrogens with one attached hydrogen (secondary N) is 4. The van der Waals surface area contributed by atoms with Crippen molar-refractivity contribution in [1.82, 2.24) is 16.0 Å². The summed E-state index contributed by atoms with van der Waals surface area (Å²) in [7, 11) is 1.48. The van der Waals surface area contributed by atoms with Crippen LogP contribution in [0.3, 0.4) is 0 Å². The van der Waals surface area contributed by atoms with E-state index < -0.39 is 23.9 Å². The Bertz CT molecular complexity index is 719. The molecule has 1 aromatic rings. The first-order valence-electron chi connectivity index (χ1n) is 10.1. The molecule has 9 nitrogen and oxygen atoms in total. The van der Waals surface area contributed by atoms with Gasteiger partial charge in [0.05, 0.1) is 6.54 Å². The molecular weight excluding hydrogens is 388 g/mol. The van der Waals surface area contributed by atoms with Gasteiger partial charge in [0.15, 0.2) is 0 Å². The molecule has 0 saturated heterocycles. The van der Waals surface area contributed by atoms with Crippen LogP contribution in [0.5, 0.6) is 0 Å². The minimum atomic E-state index is -0.693. The van der Waals surface area contributed by atoms with Crippen LogP contribution in [0.15, 0.2) is 24.3 Å². The normalized spacial score (nSPS) is 11.4. The van der Waals surface area contributed by atoms with Crippen molar-refractivity contribution in [2.45, 2.75) is 52.7 Å². The molecule has 4 amide bonds. The van der Waals surface area contributed by atoms with Crippen molar-refractivity contribution in [2.24, 2.45) is 5.92 Å². The Morgan fingerprint density at radius 2 is 1.70 bits per heavy atom. The Hall–Kier alpha value is -3.10. The van der Waals surface area contributed by atoms with Gasteiger partial charge in [-0.05, 0) is 30.0 Å². The number of unbranched alkanes of at least 4 members (excludes halogenated alkanes) is 1. The van der Waals surface area contributed by atoms with Crippen LogP contribution in [0.25, 0.3) is 0 Å². The van der Waals surface area contributed by atoms with Gasteiger partial charge in [0.2, 0.25) is 17.7 Å². The lowest BCUT2D eigenvalue weighted by Crippen LogP contribution is -2.51. The number of hydrogen-bond donors (Lipinski definition) is 4. The Kier molecular flexibility index (Phi) is 11.0. The topological polar surface area (TPSA) is 126 Å². The summed E-state index contributed by atoms with van der Waals surface area (Å²) in [6, 6.07) is 6.09. The van der Waals surface area contributed by atoms with E-state index in [4.69, 9.17) is 4.74 Å². The molecule has 0 fully saturated rings. The van der Waals surface area contributed by atoms with E-state index in [0.717, 1.165) is 18.4 Å². The Labute approximate surface area is 177 Å². The van der Waals surface area contributed by atoms with Crippen molar-refractivity contribution in [1.29, 1.82) is 0 Å². The Morgan fingerprint density at radius 3 is 2.27 bits per heavy atom. The van der Waals surface area contributed by atoms with Crippen LogP contribution in [-0.4, -0.2) is 43.4 Å². The SMILES string of the molecule is CCCCC(=O)NC(C(=O)NCC(=O)Nc1ccc(COC(=O)NC)cc1)C(C)C. The van der Waals surface area contributed by atoms with Gasteiger partial charge in [-0.2, -0.15) is 0 Å². The van der Waals surface area contributed by atoms with Crippen molar-refractivity contribution < 1.29 is 23.9 Å². The lowest BCUT2D eigenvalue weighted by molar-refractivity contribution is -0.130. The van der Waals surface area contributed by atoms with Gasteiger partial charge in [0.1, 0.15) is 12.6 Å². The van der Waals surface area contributed by atoms with Crippen LogP contribution < -0.4 is 21.3 Å². The molecular formula is C21H32N4O5. The summed E-state index contributed by atoms with van der Waals surface area (Å²) in [6.07, 6.45) is 1.51. The van der Waals surface area contributed by atoms with E-state index in [1.165, 1.54) is 7.05 Å². The Balaban J connectivity index is 2.49. The van der Waals surface area contributed by atoms with Crippen molar-refractivity contribution >= 4 is 29.5 Å². The van der Waals surface area contributed by atoms with Crippen LogP contribution in [-0.2, 0) is 25.7 Å². The lowest BCUT2D eigenvalue weighted by Gasteiger charge is -2.21. The third-order valence-electron chi connectivity index (χ3n) is 4.26. The van der Waals surface area contributed by atoms with Crippen LogP contribution in [0.1, 0.15) is 45.6 Å². The predicted octanol–water partition coefficient (Wildman–Crippen LogP) is 1.93. The van der Waals surface area contributed by atoms with Gasteiger partial charge in [-0.25, -0.2) is 4.79 Å². The summed E-state index contributed by atoms with van der Waals surface area (Å²) >= 11 is 0. The highest BCUT2D eigenvalue weighted by Crippen LogP contribution is 2.10.